The maximum Gasteiger partial charge on any atom is 0.261 e. The average Bonchev–Trinajstić information content (AvgIpc) is 2.86. The standard InChI is InChI=1S/C24H25ClF2N4O5S2/c1-30(2)38(34,35)19-8-6-18(7-9-19)37(32,33)29-22-5-3-4-20(26)23(22)31-12-10-17(11-13-31)36-24-21(27)14-16(25)15-28-24/h3-9,14-15,17,29H,10-13H2,1-2H3. The van der Waals surface area contributed by atoms with Crippen molar-refractivity contribution in [2.75, 3.05) is 36.8 Å². The van der Waals surface area contributed by atoms with Crippen molar-refractivity contribution in [1.29, 1.82) is 0 Å². The van der Waals surface area contributed by atoms with Crippen LogP contribution in [0.4, 0.5) is 20.2 Å². The lowest BCUT2D eigenvalue weighted by molar-refractivity contribution is 0.156. The molecule has 0 atom stereocenters. The Balaban J connectivity index is 1.50. The zero-order chi connectivity index (χ0) is 27.7. The van der Waals surface area contributed by atoms with E-state index in [1.807, 2.05) is 0 Å². The van der Waals surface area contributed by atoms with Crippen LogP contribution >= 0.6 is 11.6 Å². The van der Waals surface area contributed by atoms with Gasteiger partial charge in [0.25, 0.3) is 15.9 Å². The van der Waals surface area contributed by atoms with Gasteiger partial charge >= 0.3 is 0 Å². The summed E-state index contributed by atoms with van der Waals surface area (Å²) in [6.07, 6.45) is 1.72. The fourth-order valence-electron chi connectivity index (χ4n) is 3.97. The first-order valence-electron chi connectivity index (χ1n) is 11.4. The van der Waals surface area contributed by atoms with Gasteiger partial charge in [-0.3, -0.25) is 4.72 Å². The molecule has 0 spiro atoms. The third-order valence-corrected chi connectivity index (χ3v) is 9.37. The van der Waals surface area contributed by atoms with Gasteiger partial charge < -0.3 is 9.64 Å². The Hall–Kier alpha value is -3.00. The van der Waals surface area contributed by atoms with E-state index in [1.165, 1.54) is 62.8 Å². The summed E-state index contributed by atoms with van der Waals surface area (Å²) in [5.74, 6) is -1.47. The van der Waals surface area contributed by atoms with Gasteiger partial charge in [0.1, 0.15) is 11.9 Å². The predicted molar refractivity (Wildman–Crippen MR) is 140 cm³/mol. The smallest absolute Gasteiger partial charge is 0.261 e. The number of halogens is 3. The minimum atomic E-state index is -4.17. The lowest BCUT2D eigenvalue weighted by Crippen LogP contribution is -2.39. The van der Waals surface area contributed by atoms with E-state index in [0.717, 1.165) is 10.4 Å². The van der Waals surface area contributed by atoms with Crippen molar-refractivity contribution in [1.82, 2.24) is 9.29 Å². The summed E-state index contributed by atoms with van der Waals surface area (Å²) in [5, 5.41) is 0.147. The minimum Gasteiger partial charge on any atom is -0.472 e. The third-order valence-electron chi connectivity index (χ3n) is 5.95. The second-order valence-electron chi connectivity index (χ2n) is 8.75. The maximum atomic E-state index is 15.0. The van der Waals surface area contributed by atoms with Crippen LogP contribution in [0.25, 0.3) is 0 Å². The second kappa shape index (κ2) is 11.0. The van der Waals surface area contributed by atoms with Crippen LogP contribution in [-0.4, -0.2) is 59.4 Å². The van der Waals surface area contributed by atoms with Crippen LogP contribution in [0.5, 0.6) is 5.88 Å². The SMILES string of the molecule is CN(C)S(=O)(=O)c1ccc(S(=O)(=O)Nc2cccc(F)c2N2CCC(Oc3ncc(Cl)cc3F)CC2)cc1. The molecule has 38 heavy (non-hydrogen) atoms. The molecule has 1 aromatic heterocycles. The molecule has 1 fully saturated rings. The van der Waals surface area contributed by atoms with Gasteiger partial charge in [0.2, 0.25) is 10.0 Å². The highest BCUT2D eigenvalue weighted by atomic mass is 35.5. The molecular weight excluding hydrogens is 562 g/mol. The van der Waals surface area contributed by atoms with Crippen molar-refractivity contribution in [3.63, 3.8) is 0 Å². The molecule has 0 amide bonds. The van der Waals surface area contributed by atoms with Crippen molar-refractivity contribution >= 4 is 43.0 Å². The highest BCUT2D eigenvalue weighted by Gasteiger charge is 2.27. The van der Waals surface area contributed by atoms with Crippen molar-refractivity contribution in [2.24, 2.45) is 0 Å². The number of sulfonamides is 2. The first-order valence-corrected chi connectivity index (χ1v) is 14.7. The zero-order valence-corrected chi connectivity index (χ0v) is 22.8. The number of nitrogens with one attached hydrogen (secondary N) is 1. The number of nitrogens with zero attached hydrogens (tertiary/aromatic N) is 3. The molecule has 3 aromatic rings. The van der Waals surface area contributed by atoms with E-state index < -0.39 is 31.7 Å². The Morgan fingerprint density at radius 3 is 2.24 bits per heavy atom. The Morgan fingerprint density at radius 1 is 1.00 bits per heavy atom. The highest BCUT2D eigenvalue weighted by Crippen LogP contribution is 2.34. The summed E-state index contributed by atoms with van der Waals surface area (Å²) >= 11 is 5.72. The normalized spacial score (nSPS) is 15.1. The van der Waals surface area contributed by atoms with Gasteiger partial charge in [-0.15, -0.1) is 0 Å². The molecule has 14 heteroatoms. The van der Waals surface area contributed by atoms with E-state index in [-0.39, 0.29) is 38.2 Å². The van der Waals surface area contributed by atoms with E-state index >= 15 is 0 Å². The van der Waals surface area contributed by atoms with Crippen LogP contribution in [-0.2, 0) is 20.0 Å². The van der Waals surface area contributed by atoms with Crippen molar-refractivity contribution in [2.45, 2.75) is 28.7 Å². The fourth-order valence-corrected chi connectivity index (χ4v) is 6.08. The fraction of sp³-hybridized carbons (Fsp3) is 0.292. The molecule has 0 radical (unpaired) electrons. The molecule has 0 unspecified atom stereocenters. The number of hydrogen-bond acceptors (Lipinski definition) is 7. The van der Waals surface area contributed by atoms with Crippen molar-refractivity contribution < 1.29 is 30.4 Å². The number of ether oxygens (including phenoxy) is 1. The number of para-hydroxylation sites is 1. The quantitative estimate of drug-likeness (QED) is 0.423. The van der Waals surface area contributed by atoms with Gasteiger partial charge in [-0.1, -0.05) is 17.7 Å². The van der Waals surface area contributed by atoms with E-state index in [2.05, 4.69) is 9.71 Å². The topological polar surface area (TPSA) is 109 Å². The Kier molecular flexibility index (Phi) is 8.12. The lowest BCUT2D eigenvalue weighted by atomic mass is 10.1. The molecular formula is C24H25ClF2N4O5S2. The predicted octanol–water partition coefficient (Wildman–Crippen LogP) is 4.11. The Morgan fingerprint density at radius 2 is 1.63 bits per heavy atom. The molecule has 204 valence electrons. The first-order chi connectivity index (χ1) is 17.9. The maximum absolute atomic E-state index is 15.0. The van der Waals surface area contributed by atoms with E-state index in [1.54, 1.807) is 4.90 Å². The molecule has 2 heterocycles. The van der Waals surface area contributed by atoms with Gasteiger partial charge in [-0.2, -0.15) is 0 Å². The molecule has 1 aliphatic rings. The number of rotatable bonds is 8. The van der Waals surface area contributed by atoms with Crippen LogP contribution < -0.4 is 14.4 Å². The lowest BCUT2D eigenvalue weighted by Gasteiger charge is -2.34. The number of anilines is 2. The molecule has 0 bridgehead atoms. The summed E-state index contributed by atoms with van der Waals surface area (Å²) < 4.78 is 88.8. The average molecular weight is 587 g/mol. The van der Waals surface area contributed by atoms with Crippen LogP contribution in [0.1, 0.15) is 12.8 Å². The van der Waals surface area contributed by atoms with E-state index in [4.69, 9.17) is 16.3 Å². The monoisotopic (exact) mass is 586 g/mol. The van der Waals surface area contributed by atoms with Crippen molar-refractivity contribution in [3.05, 3.63) is 71.4 Å². The van der Waals surface area contributed by atoms with Gasteiger partial charge in [-0.25, -0.2) is 34.9 Å². The first kappa shape index (κ1) is 28.0. The van der Waals surface area contributed by atoms with Gasteiger partial charge in [0.15, 0.2) is 5.82 Å². The minimum absolute atomic E-state index is 0.0276. The van der Waals surface area contributed by atoms with E-state index in [0.29, 0.717) is 25.9 Å². The van der Waals surface area contributed by atoms with Crippen LogP contribution in [0, 0.1) is 11.6 Å². The molecule has 9 nitrogen and oxygen atoms in total. The third kappa shape index (κ3) is 6.01. The largest absolute Gasteiger partial charge is 0.472 e. The summed E-state index contributed by atoms with van der Waals surface area (Å²) in [6.45, 7) is 0.624. The van der Waals surface area contributed by atoms with Gasteiger partial charge in [0.05, 0.1) is 26.2 Å². The van der Waals surface area contributed by atoms with Gasteiger partial charge in [0, 0.05) is 46.2 Å². The number of hydrogen-bond donors (Lipinski definition) is 1. The molecule has 1 aliphatic heterocycles. The molecule has 2 aromatic carbocycles. The number of benzene rings is 2. The van der Waals surface area contributed by atoms with E-state index in [9.17, 15) is 25.6 Å². The molecule has 4 rings (SSSR count). The summed E-state index contributed by atoms with van der Waals surface area (Å²) in [5.41, 5.74) is 0.0944. The molecule has 0 saturated carbocycles. The van der Waals surface area contributed by atoms with Gasteiger partial charge in [-0.05, 0) is 42.5 Å². The summed E-state index contributed by atoms with van der Waals surface area (Å²) in [7, 11) is -5.16. The number of aromatic nitrogens is 1. The molecule has 1 N–H and O–H groups in total. The second-order valence-corrected chi connectivity index (χ2v) is 13.0. The molecule has 1 saturated heterocycles. The zero-order valence-electron chi connectivity index (χ0n) is 20.4. The summed E-state index contributed by atoms with van der Waals surface area (Å²) in [6, 6.07) is 9.88. The van der Waals surface area contributed by atoms with Crippen molar-refractivity contribution in [3.8, 4) is 5.88 Å². The Bertz CT molecular complexity index is 1530. The number of piperidine rings is 1. The van der Waals surface area contributed by atoms with Crippen LogP contribution in [0.2, 0.25) is 5.02 Å². The Labute approximate surface area is 225 Å². The summed E-state index contributed by atoms with van der Waals surface area (Å²) in [4.78, 5) is 5.30. The molecule has 0 aliphatic carbocycles. The van der Waals surface area contributed by atoms with Crippen LogP contribution in [0.15, 0.2) is 64.5 Å². The van der Waals surface area contributed by atoms with Crippen LogP contribution in [0.3, 0.4) is 0 Å². The highest BCUT2D eigenvalue weighted by molar-refractivity contribution is 7.92. The number of pyridine rings is 1.